The van der Waals surface area contributed by atoms with E-state index in [1.807, 2.05) is 6.07 Å². The molecule has 142 valence electrons. The first-order chi connectivity index (χ1) is 15.3. The van der Waals surface area contributed by atoms with Gasteiger partial charge < -0.3 is 4.57 Å². The lowest BCUT2D eigenvalue weighted by molar-refractivity contribution is 1.17. The van der Waals surface area contributed by atoms with E-state index >= 15 is 0 Å². The highest BCUT2D eigenvalue weighted by Crippen LogP contribution is 2.41. The summed E-state index contributed by atoms with van der Waals surface area (Å²) in [5.74, 6) is 0. The van der Waals surface area contributed by atoms with Crippen molar-refractivity contribution in [2.24, 2.45) is 0 Å². The lowest BCUT2D eigenvalue weighted by atomic mass is 10.00. The van der Waals surface area contributed by atoms with E-state index in [-0.39, 0.29) is 0 Å². The smallest absolute Gasteiger partial charge is 0.189 e. The molecule has 6 rings (SSSR count). The second-order valence-corrected chi connectivity index (χ2v) is 7.62. The van der Waals surface area contributed by atoms with Crippen LogP contribution in [0.25, 0.3) is 53.9 Å². The Kier molecular flexibility index (Phi) is 3.60. The molecule has 0 spiro atoms. The van der Waals surface area contributed by atoms with E-state index in [1.54, 1.807) is 12.1 Å². The predicted octanol–water partition coefficient (Wildman–Crippen LogP) is 7.51. The molecule has 0 aliphatic rings. The maximum atomic E-state index is 9.83. The number of nitrogens with zero attached hydrogens (tertiary/aromatic N) is 3. The molecule has 1 heterocycles. The van der Waals surface area contributed by atoms with Crippen LogP contribution >= 0.6 is 0 Å². The Balaban J connectivity index is 1.93. The number of hydrogen-bond donors (Lipinski definition) is 0. The van der Waals surface area contributed by atoms with E-state index in [4.69, 9.17) is 6.57 Å². The van der Waals surface area contributed by atoms with Gasteiger partial charge in [0, 0.05) is 10.8 Å². The zero-order chi connectivity index (χ0) is 20.9. The van der Waals surface area contributed by atoms with Crippen molar-refractivity contribution < 1.29 is 0 Å². The molecule has 0 atom stereocenters. The van der Waals surface area contributed by atoms with E-state index < -0.39 is 0 Å². The number of fused-ring (bicyclic) bond motifs is 7. The molecular weight excluding hydrogens is 378 g/mol. The third kappa shape index (κ3) is 2.38. The number of hydrogen-bond acceptors (Lipinski definition) is 1. The zero-order valence-electron chi connectivity index (χ0n) is 16.5. The summed E-state index contributed by atoms with van der Waals surface area (Å²) in [5.41, 5.74) is 3.87. The van der Waals surface area contributed by atoms with Gasteiger partial charge in [-0.25, -0.2) is 4.85 Å². The van der Waals surface area contributed by atoms with Gasteiger partial charge in [-0.3, -0.25) is 0 Å². The summed E-state index contributed by atoms with van der Waals surface area (Å²) in [6.07, 6.45) is 0. The standard InChI is InChI=1S/C28H15N3/c1-30-21-13-10-20(17-29)26(16-21)31-24-14-11-18-6-2-4-8-22(18)27(24)28-23-9-5-3-7-19(23)12-15-25(28)31/h2-16H. The summed E-state index contributed by atoms with van der Waals surface area (Å²) in [4.78, 5) is 3.60. The first-order valence-electron chi connectivity index (χ1n) is 10.1. The van der Waals surface area contributed by atoms with Gasteiger partial charge in [0.05, 0.1) is 28.9 Å². The fourth-order valence-electron chi connectivity index (χ4n) is 4.68. The van der Waals surface area contributed by atoms with Gasteiger partial charge >= 0.3 is 0 Å². The monoisotopic (exact) mass is 393 g/mol. The largest absolute Gasteiger partial charge is 0.309 e. The summed E-state index contributed by atoms with van der Waals surface area (Å²) < 4.78 is 2.14. The van der Waals surface area contributed by atoms with E-state index in [1.165, 1.54) is 32.3 Å². The van der Waals surface area contributed by atoms with Crippen molar-refractivity contribution in [2.45, 2.75) is 0 Å². The average molecular weight is 393 g/mol. The second kappa shape index (κ2) is 6.46. The van der Waals surface area contributed by atoms with Crippen LogP contribution in [0.15, 0.2) is 91.0 Å². The SMILES string of the molecule is [C-]#[N+]c1ccc(C#N)c(-n2c3ccc4ccccc4c3c3c4ccccc4ccc32)c1. The van der Waals surface area contributed by atoms with Gasteiger partial charge in [0.1, 0.15) is 6.07 Å². The molecule has 0 N–H and O–H groups in total. The molecule has 1 aromatic heterocycles. The molecule has 0 aliphatic heterocycles. The minimum absolute atomic E-state index is 0.519. The first kappa shape index (κ1) is 17.3. The minimum Gasteiger partial charge on any atom is -0.309 e. The fraction of sp³-hybridized carbons (Fsp3) is 0. The molecule has 0 aliphatic carbocycles. The van der Waals surface area contributed by atoms with Gasteiger partial charge in [-0.05, 0) is 39.7 Å². The van der Waals surface area contributed by atoms with Gasteiger partial charge in [0.2, 0.25) is 0 Å². The van der Waals surface area contributed by atoms with E-state index in [0.717, 1.165) is 16.7 Å². The quantitative estimate of drug-likeness (QED) is 0.266. The third-order valence-electron chi connectivity index (χ3n) is 6.02. The predicted molar refractivity (Wildman–Crippen MR) is 127 cm³/mol. The molecule has 0 fully saturated rings. The highest BCUT2D eigenvalue weighted by atomic mass is 15.0. The van der Waals surface area contributed by atoms with E-state index in [9.17, 15) is 5.26 Å². The van der Waals surface area contributed by atoms with E-state index in [2.05, 4.69) is 88.3 Å². The molecule has 0 saturated heterocycles. The Morgan fingerprint density at radius 1 is 0.710 bits per heavy atom. The van der Waals surface area contributed by atoms with Crippen LogP contribution in [0.2, 0.25) is 0 Å². The fourth-order valence-corrected chi connectivity index (χ4v) is 4.68. The van der Waals surface area contributed by atoms with Crippen LogP contribution in [-0.2, 0) is 0 Å². The number of rotatable bonds is 1. The molecule has 3 heteroatoms. The summed E-state index contributed by atoms with van der Waals surface area (Å²) in [6, 6.07) is 32.9. The lowest BCUT2D eigenvalue weighted by Gasteiger charge is -2.11. The summed E-state index contributed by atoms with van der Waals surface area (Å²) in [7, 11) is 0. The van der Waals surface area contributed by atoms with Crippen molar-refractivity contribution in [3.05, 3.63) is 108 Å². The lowest BCUT2D eigenvalue weighted by Crippen LogP contribution is -1.97. The molecule has 0 bridgehead atoms. The van der Waals surface area contributed by atoms with Crippen molar-refractivity contribution in [1.29, 1.82) is 5.26 Å². The first-order valence-corrected chi connectivity index (χ1v) is 10.1. The maximum Gasteiger partial charge on any atom is 0.189 e. The highest BCUT2D eigenvalue weighted by molar-refractivity contribution is 6.28. The van der Waals surface area contributed by atoms with Crippen LogP contribution in [0.4, 0.5) is 5.69 Å². The van der Waals surface area contributed by atoms with Crippen molar-refractivity contribution >= 4 is 49.0 Å². The number of nitriles is 1. The molecule has 0 saturated carbocycles. The maximum absolute atomic E-state index is 9.83. The Morgan fingerprint density at radius 2 is 1.29 bits per heavy atom. The number of aromatic nitrogens is 1. The molecule has 0 unspecified atom stereocenters. The van der Waals surface area contributed by atoms with Crippen molar-refractivity contribution in [3.8, 4) is 11.8 Å². The van der Waals surface area contributed by atoms with Crippen LogP contribution in [0.5, 0.6) is 0 Å². The molecule has 0 amide bonds. The van der Waals surface area contributed by atoms with Gasteiger partial charge in [0.25, 0.3) is 0 Å². The van der Waals surface area contributed by atoms with Crippen LogP contribution in [0.1, 0.15) is 5.56 Å². The van der Waals surface area contributed by atoms with Crippen molar-refractivity contribution in [1.82, 2.24) is 4.57 Å². The minimum atomic E-state index is 0.519. The average Bonchev–Trinajstić information content (AvgIpc) is 3.18. The Morgan fingerprint density at radius 3 is 1.84 bits per heavy atom. The molecule has 5 aromatic carbocycles. The van der Waals surface area contributed by atoms with Crippen LogP contribution < -0.4 is 0 Å². The summed E-state index contributed by atoms with van der Waals surface area (Å²) in [6.45, 7) is 7.47. The van der Waals surface area contributed by atoms with Crippen LogP contribution in [0.3, 0.4) is 0 Å². The van der Waals surface area contributed by atoms with Gasteiger partial charge in [-0.2, -0.15) is 5.26 Å². The Bertz CT molecular complexity index is 1660. The van der Waals surface area contributed by atoms with Gasteiger partial charge in [0.15, 0.2) is 5.69 Å². The van der Waals surface area contributed by atoms with Gasteiger partial charge in [-0.15, -0.1) is 0 Å². The second-order valence-electron chi connectivity index (χ2n) is 7.62. The van der Waals surface area contributed by atoms with Crippen LogP contribution in [0, 0.1) is 17.9 Å². The molecule has 6 aromatic rings. The topological polar surface area (TPSA) is 33.1 Å². The Hall–Kier alpha value is -4.60. The third-order valence-corrected chi connectivity index (χ3v) is 6.02. The zero-order valence-corrected chi connectivity index (χ0v) is 16.5. The summed E-state index contributed by atoms with van der Waals surface area (Å²) >= 11 is 0. The normalized spacial score (nSPS) is 11.2. The summed E-state index contributed by atoms with van der Waals surface area (Å²) in [5, 5.41) is 16.9. The van der Waals surface area contributed by atoms with E-state index in [0.29, 0.717) is 11.3 Å². The highest BCUT2D eigenvalue weighted by Gasteiger charge is 2.18. The Labute approximate surface area is 178 Å². The van der Waals surface area contributed by atoms with Crippen LogP contribution in [-0.4, -0.2) is 4.57 Å². The van der Waals surface area contributed by atoms with Crippen molar-refractivity contribution in [2.75, 3.05) is 0 Å². The molecule has 0 radical (unpaired) electrons. The molecule has 31 heavy (non-hydrogen) atoms. The molecule has 3 nitrogen and oxygen atoms in total. The van der Waals surface area contributed by atoms with Gasteiger partial charge in [-0.1, -0.05) is 72.8 Å². The number of benzene rings is 5. The van der Waals surface area contributed by atoms with Crippen molar-refractivity contribution in [3.63, 3.8) is 0 Å². The molecular formula is C28H15N3.